The highest BCUT2D eigenvalue weighted by molar-refractivity contribution is 5.87. The summed E-state index contributed by atoms with van der Waals surface area (Å²) >= 11 is 0. The zero-order valence-electron chi connectivity index (χ0n) is 20.5. The number of H-pyrrole nitrogens is 1. The first kappa shape index (κ1) is 24.3. The molecule has 38 heavy (non-hydrogen) atoms. The van der Waals surface area contributed by atoms with Crippen molar-refractivity contribution in [2.75, 3.05) is 12.3 Å². The maximum absolute atomic E-state index is 11.0. The summed E-state index contributed by atoms with van der Waals surface area (Å²) in [5.74, 6) is 0.299. The number of anilines is 1. The van der Waals surface area contributed by atoms with E-state index in [9.17, 15) is 10.2 Å². The Morgan fingerprint density at radius 2 is 1.37 bits per heavy atom. The number of rotatable bonds is 7. The van der Waals surface area contributed by atoms with Crippen LogP contribution in [0.4, 0.5) is 5.82 Å². The normalized spacial score (nSPS) is 21.6. The van der Waals surface area contributed by atoms with E-state index in [1.54, 1.807) is 6.20 Å². The van der Waals surface area contributed by atoms with Gasteiger partial charge in [-0.25, -0.2) is 9.97 Å². The Labute approximate surface area is 219 Å². The van der Waals surface area contributed by atoms with Gasteiger partial charge in [-0.2, -0.15) is 0 Å². The summed E-state index contributed by atoms with van der Waals surface area (Å²) < 4.78 is 13.0. The van der Waals surface area contributed by atoms with Gasteiger partial charge in [0.25, 0.3) is 0 Å². The Hall–Kier alpha value is -4.08. The molecule has 1 aliphatic rings. The number of ether oxygens (including phenoxy) is 2. The molecule has 3 heterocycles. The molecular formula is C30H28N4O4. The average molecular weight is 509 g/mol. The van der Waals surface area contributed by atoms with Gasteiger partial charge in [0.05, 0.1) is 12.1 Å². The summed E-state index contributed by atoms with van der Waals surface area (Å²) in [5, 5.41) is 22.0. The minimum absolute atomic E-state index is 0.0207. The van der Waals surface area contributed by atoms with Crippen molar-refractivity contribution in [1.82, 2.24) is 15.0 Å². The van der Waals surface area contributed by atoms with Gasteiger partial charge in [0.2, 0.25) is 0 Å². The van der Waals surface area contributed by atoms with Crippen molar-refractivity contribution in [2.24, 2.45) is 0 Å². The summed E-state index contributed by atoms with van der Waals surface area (Å²) in [6, 6.07) is 29.9. The Bertz CT molecular complexity index is 1410. The third kappa shape index (κ3) is 4.04. The second kappa shape index (κ2) is 10.00. The van der Waals surface area contributed by atoms with Crippen LogP contribution in [0.3, 0.4) is 0 Å². The Morgan fingerprint density at radius 1 is 0.816 bits per heavy atom. The van der Waals surface area contributed by atoms with Crippen LogP contribution in [0.25, 0.3) is 11.0 Å². The highest BCUT2D eigenvalue weighted by atomic mass is 16.6. The van der Waals surface area contributed by atoms with E-state index in [1.165, 1.54) is 6.33 Å². The van der Waals surface area contributed by atoms with Crippen molar-refractivity contribution in [1.29, 1.82) is 0 Å². The van der Waals surface area contributed by atoms with Crippen molar-refractivity contribution in [3.8, 4) is 0 Å². The van der Waals surface area contributed by atoms with Crippen LogP contribution in [-0.4, -0.2) is 50.1 Å². The molecular weight excluding hydrogens is 480 g/mol. The molecule has 0 amide bonds. The van der Waals surface area contributed by atoms with E-state index in [4.69, 9.17) is 15.2 Å². The van der Waals surface area contributed by atoms with E-state index in [1.807, 2.05) is 91.0 Å². The molecule has 0 aliphatic carbocycles. The van der Waals surface area contributed by atoms with Gasteiger partial charge < -0.3 is 30.4 Å². The number of aliphatic hydroxyl groups is 2. The molecule has 5 aromatic rings. The molecule has 6 rings (SSSR count). The van der Waals surface area contributed by atoms with Gasteiger partial charge >= 0.3 is 0 Å². The molecule has 3 aromatic carbocycles. The topological polar surface area (TPSA) is 127 Å². The van der Waals surface area contributed by atoms with E-state index < -0.39 is 30.0 Å². The lowest BCUT2D eigenvalue weighted by Crippen LogP contribution is -2.39. The summed E-state index contributed by atoms with van der Waals surface area (Å²) in [4.78, 5) is 11.4. The lowest BCUT2D eigenvalue weighted by Gasteiger charge is -2.37. The number of aromatic amines is 1. The number of aliphatic hydroxyl groups excluding tert-OH is 2. The second-order valence-electron chi connectivity index (χ2n) is 9.39. The van der Waals surface area contributed by atoms with Crippen molar-refractivity contribution < 1.29 is 19.7 Å². The number of nitrogen functional groups attached to an aromatic ring is 1. The molecule has 0 saturated carbocycles. The standard InChI is InChI=1S/C30H28N4O4/c31-29-25-24(33-18-34-29)22(16-32-25)28-27(36)26(35)23(38-28)17-37-30(19-10-4-1-5-11-19,20-12-6-2-7-13-20)21-14-8-3-9-15-21/h1-16,18,23,26-28,32,35-36H,17H2,(H2,31,33,34)/t23-,26-,27-,28-/m0/s1. The zero-order chi connectivity index (χ0) is 26.1. The monoisotopic (exact) mass is 508 g/mol. The van der Waals surface area contributed by atoms with Crippen LogP contribution in [0.15, 0.2) is 104 Å². The van der Waals surface area contributed by atoms with E-state index in [2.05, 4.69) is 15.0 Å². The van der Waals surface area contributed by atoms with Crippen molar-refractivity contribution in [3.63, 3.8) is 0 Å². The molecule has 5 N–H and O–H groups in total. The average Bonchev–Trinajstić information content (AvgIpc) is 3.52. The highest BCUT2D eigenvalue weighted by Gasteiger charge is 2.46. The Balaban J connectivity index is 1.36. The van der Waals surface area contributed by atoms with Crippen LogP contribution in [0.2, 0.25) is 0 Å². The lowest BCUT2D eigenvalue weighted by atomic mass is 9.80. The summed E-state index contributed by atoms with van der Waals surface area (Å²) in [5.41, 5.74) is 9.50. The molecule has 1 saturated heterocycles. The van der Waals surface area contributed by atoms with Gasteiger partial charge in [0.15, 0.2) is 5.82 Å². The van der Waals surface area contributed by atoms with Crippen LogP contribution in [0.1, 0.15) is 28.4 Å². The molecule has 8 heteroatoms. The molecule has 0 unspecified atom stereocenters. The molecule has 8 nitrogen and oxygen atoms in total. The van der Waals surface area contributed by atoms with Crippen LogP contribution >= 0.6 is 0 Å². The zero-order valence-corrected chi connectivity index (χ0v) is 20.5. The molecule has 2 aromatic heterocycles. The number of fused-ring (bicyclic) bond motifs is 1. The first-order valence-corrected chi connectivity index (χ1v) is 12.5. The number of nitrogens with zero attached hydrogens (tertiary/aromatic N) is 2. The van der Waals surface area contributed by atoms with Gasteiger partial charge in [-0.15, -0.1) is 0 Å². The van der Waals surface area contributed by atoms with Crippen LogP contribution < -0.4 is 5.73 Å². The SMILES string of the molecule is Nc1ncnc2c([C@@H]3O[C@@H](COC(c4ccccc4)(c4ccccc4)c4ccccc4)[C@H](O)[C@@H]3O)c[nH]c12. The minimum atomic E-state index is -1.18. The first-order valence-electron chi connectivity index (χ1n) is 12.5. The lowest BCUT2D eigenvalue weighted by molar-refractivity contribution is -0.0826. The highest BCUT2D eigenvalue weighted by Crippen LogP contribution is 2.42. The molecule has 0 bridgehead atoms. The largest absolute Gasteiger partial charge is 0.387 e. The van der Waals surface area contributed by atoms with Crippen molar-refractivity contribution in [3.05, 3.63) is 126 Å². The van der Waals surface area contributed by atoms with E-state index >= 15 is 0 Å². The van der Waals surface area contributed by atoms with Gasteiger partial charge in [0.1, 0.15) is 41.9 Å². The molecule has 192 valence electrons. The number of nitrogens with two attached hydrogens (primary N) is 1. The maximum Gasteiger partial charge on any atom is 0.151 e. The van der Waals surface area contributed by atoms with Gasteiger partial charge in [-0.05, 0) is 16.7 Å². The molecule has 0 spiro atoms. The number of aromatic nitrogens is 3. The smallest absolute Gasteiger partial charge is 0.151 e. The van der Waals surface area contributed by atoms with Crippen LogP contribution in [0.5, 0.6) is 0 Å². The molecule has 4 atom stereocenters. The Morgan fingerprint density at radius 3 is 1.92 bits per heavy atom. The fourth-order valence-corrected chi connectivity index (χ4v) is 5.31. The quantitative estimate of drug-likeness (QED) is 0.247. The number of benzene rings is 3. The third-order valence-electron chi connectivity index (χ3n) is 7.20. The first-order chi connectivity index (χ1) is 18.6. The van der Waals surface area contributed by atoms with Gasteiger partial charge in [0, 0.05) is 11.8 Å². The fraction of sp³-hybridized carbons (Fsp3) is 0.200. The number of nitrogens with one attached hydrogen (secondary N) is 1. The van der Waals surface area contributed by atoms with Gasteiger partial charge in [-0.1, -0.05) is 91.0 Å². The Kier molecular flexibility index (Phi) is 6.39. The van der Waals surface area contributed by atoms with Crippen molar-refractivity contribution >= 4 is 16.9 Å². The minimum Gasteiger partial charge on any atom is -0.387 e. The van der Waals surface area contributed by atoms with Crippen LogP contribution in [0, 0.1) is 0 Å². The van der Waals surface area contributed by atoms with Crippen molar-refractivity contribution in [2.45, 2.75) is 30.0 Å². The maximum atomic E-state index is 11.0. The van der Waals surface area contributed by atoms with E-state index in [0.29, 0.717) is 22.4 Å². The fourth-order valence-electron chi connectivity index (χ4n) is 5.31. The predicted octanol–water partition coefficient (Wildman–Crippen LogP) is 3.71. The molecule has 1 fully saturated rings. The number of hydrogen-bond acceptors (Lipinski definition) is 7. The van der Waals surface area contributed by atoms with E-state index in [0.717, 1.165) is 16.7 Å². The predicted molar refractivity (Wildman–Crippen MR) is 143 cm³/mol. The summed E-state index contributed by atoms with van der Waals surface area (Å²) in [6.45, 7) is 0.0207. The number of hydrogen-bond donors (Lipinski definition) is 4. The summed E-state index contributed by atoms with van der Waals surface area (Å²) in [6.07, 6.45) is -0.929. The van der Waals surface area contributed by atoms with Gasteiger partial charge in [-0.3, -0.25) is 0 Å². The molecule has 0 radical (unpaired) electrons. The second-order valence-corrected chi connectivity index (χ2v) is 9.39. The summed E-state index contributed by atoms with van der Waals surface area (Å²) in [7, 11) is 0. The van der Waals surface area contributed by atoms with Crippen LogP contribution in [-0.2, 0) is 15.1 Å². The third-order valence-corrected chi connectivity index (χ3v) is 7.20. The van der Waals surface area contributed by atoms with E-state index in [-0.39, 0.29) is 6.61 Å². The molecule has 1 aliphatic heterocycles.